The Bertz CT molecular complexity index is 1340. The molecule has 0 amide bonds. The second-order valence-corrected chi connectivity index (χ2v) is 6.58. The number of aromatic amines is 1. The summed E-state index contributed by atoms with van der Waals surface area (Å²) >= 11 is 5.45. The minimum absolute atomic E-state index is 0.497. The zero-order valence-electron chi connectivity index (χ0n) is 14.6. The number of nitrogens with one attached hydrogen (secondary N) is 1. The first-order chi connectivity index (χ1) is 13.2. The highest BCUT2D eigenvalue weighted by Gasteiger charge is 2.23. The van der Waals surface area contributed by atoms with Gasteiger partial charge in [0.05, 0.1) is 29.8 Å². The van der Waals surface area contributed by atoms with Gasteiger partial charge in [-0.25, -0.2) is 0 Å². The zero-order chi connectivity index (χ0) is 18.5. The number of methoxy groups -OCH3 is 1. The van der Waals surface area contributed by atoms with Gasteiger partial charge in [0.15, 0.2) is 10.5 Å². The SMILES string of the molecule is COc1c2ccoc2cc2oc(-c3n[nH]c(=S)n3-c3ccccc3)c(C)c12. The van der Waals surface area contributed by atoms with Crippen LogP contribution in [0.15, 0.2) is 57.6 Å². The molecule has 0 saturated carbocycles. The van der Waals surface area contributed by atoms with Crippen LogP contribution in [-0.2, 0) is 0 Å². The number of para-hydroxylation sites is 1. The van der Waals surface area contributed by atoms with Gasteiger partial charge in [0.25, 0.3) is 0 Å². The van der Waals surface area contributed by atoms with Crippen molar-refractivity contribution in [3.8, 4) is 23.0 Å². The lowest BCUT2D eigenvalue weighted by atomic mass is 10.1. The Kier molecular flexibility index (Phi) is 3.45. The quantitative estimate of drug-likeness (QED) is 0.426. The van der Waals surface area contributed by atoms with Crippen molar-refractivity contribution in [2.75, 3.05) is 7.11 Å². The van der Waals surface area contributed by atoms with E-state index in [1.54, 1.807) is 13.4 Å². The lowest BCUT2D eigenvalue weighted by Crippen LogP contribution is -1.97. The first kappa shape index (κ1) is 15.9. The molecule has 0 radical (unpaired) electrons. The summed E-state index contributed by atoms with van der Waals surface area (Å²) in [5.41, 5.74) is 3.22. The van der Waals surface area contributed by atoms with E-state index in [9.17, 15) is 0 Å². The van der Waals surface area contributed by atoms with Gasteiger partial charge in [-0.1, -0.05) is 18.2 Å². The van der Waals surface area contributed by atoms with Gasteiger partial charge < -0.3 is 13.6 Å². The van der Waals surface area contributed by atoms with Crippen LogP contribution in [0, 0.1) is 11.7 Å². The highest BCUT2D eigenvalue weighted by molar-refractivity contribution is 7.71. The van der Waals surface area contributed by atoms with Gasteiger partial charge in [0.1, 0.15) is 16.9 Å². The number of hydrogen-bond acceptors (Lipinski definition) is 5. The third-order valence-corrected chi connectivity index (χ3v) is 4.97. The highest BCUT2D eigenvalue weighted by atomic mass is 32.1. The molecule has 0 aliphatic rings. The zero-order valence-corrected chi connectivity index (χ0v) is 15.5. The molecule has 7 heteroatoms. The molecule has 3 aromatic heterocycles. The van der Waals surface area contributed by atoms with Crippen LogP contribution >= 0.6 is 12.2 Å². The largest absolute Gasteiger partial charge is 0.495 e. The van der Waals surface area contributed by atoms with Crippen molar-refractivity contribution >= 4 is 34.2 Å². The molecule has 27 heavy (non-hydrogen) atoms. The van der Waals surface area contributed by atoms with Crippen LogP contribution in [0.1, 0.15) is 5.56 Å². The Labute approximate surface area is 159 Å². The van der Waals surface area contributed by atoms with Crippen LogP contribution in [0.25, 0.3) is 39.2 Å². The third-order valence-electron chi connectivity index (χ3n) is 4.70. The molecule has 0 bridgehead atoms. The molecular weight excluding hydrogens is 362 g/mol. The molecule has 0 saturated heterocycles. The number of aryl methyl sites for hydroxylation is 1. The van der Waals surface area contributed by atoms with E-state index in [1.165, 1.54) is 0 Å². The number of furan rings is 2. The van der Waals surface area contributed by atoms with E-state index in [0.29, 0.717) is 27.5 Å². The summed E-state index contributed by atoms with van der Waals surface area (Å²) in [7, 11) is 1.65. The van der Waals surface area contributed by atoms with Crippen LogP contribution in [0.4, 0.5) is 0 Å². The van der Waals surface area contributed by atoms with E-state index < -0.39 is 0 Å². The number of H-pyrrole nitrogens is 1. The maximum absolute atomic E-state index is 6.19. The second kappa shape index (κ2) is 5.85. The van der Waals surface area contributed by atoms with E-state index in [4.69, 9.17) is 25.8 Å². The lowest BCUT2D eigenvalue weighted by Gasteiger charge is -2.05. The van der Waals surface area contributed by atoms with Gasteiger partial charge in [-0.2, -0.15) is 5.10 Å². The molecular formula is C20H15N3O3S. The molecule has 2 aromatic carbocycles. The average molecular weight is 377 g/mol. The molecule has 134 valence electrons. The van der Waals surface area contributed by atoms with Crippen molar-refractivity contribution in [2.45, 2.75) is 6.92 Å². The molecule has 1 N–H and O–H groups in total. The Balaban J connectivity index is 1.83. The Morgan fingerprint density at radius 2 is 1.96 bits per heavy atom. The summed E-state index contributed by atoms with van der Waals surface area (Å²) < 4.78 is 19.8. The van der Waals surface area contributed by atoms with Gasteiger partial charge in [0.2, 0.25) is 5.82 Å². The van der Waals surface area contributed by atoms with Crippen molar-refractivity contribution in [1.29, 1.82) is 0 Å². The summed E-state index contributed by atoms with van der Waals surface area (Å²) in [5.74, 6) is 1.97. The molecule has 0 aliphatic carbocycles. The Morgan fingerprint density at radius 1 is 1.15 bits per heavy atom. The van der Waals surface area contributed by atoms with E-state index in [0.717, 1.165) is 27.8 Å². The van der Waals surface area contributed by atoms with Crippen LogP contribution in [0.5, 0.6) is 5.75 Å². The molecule has 0 atom stereocenters. The number of nitrogens with zero attached hydrogens (tertiary/aromatic N) is 2. The molecule has 5 rings (SSSR count). The van der Waals surface area contributed by atoms with Gasteiger partial charge in [0, 0.05) is 11.6 Å². The van der Waals surface area contributed by atoms with Crippen molar-refractivity contribution in [2.24, 2.45) is 0 Å². The molecule has 0 unspecified atom stereocenters. The van der Waals surface area contributed by atoms with Crippen LogP contribution < -0.4 is 4.74 Å². The summed E-state index contributed by atoms with van der Waals surface area (Å²) in [4.78, 5) is 0. The molecule has 5 aromatic rings. The van der Waals surface area contributed by atoms with E-state index in [1.807, 2.05) is 54.0 Å². The smallest absolute Gasteiger partial charge is 0.203 e. The first-order valence-corrected chi connectivity index (χ1v) is 8.80. The number of fused-ring (bicyclic) bond motifs is 2. The van der Waals surface area contributed by atoms with Gasteiger partial charge in [-0.3, -0.25) is 9.67 Å². The van der Waals surface area contributed by atoms with Crippen molar-refractivity contribution < 1.29 is 13.6 Å². The van der Waals surface area contributed by atoms with Crippen molar-refractivity contribution in [1.82, 2.24) is 14.8 Å². The summed E-state index contributed by atoms with van der Waals surface area (Å²) in [6.45, 7) is 1.99. The minimum Gasteiger partial charge on any atom is -0.495 e. The second-order valence-electron chi connectivity index (χ2n) is 6.19. The number of benzene rings is 2. The fraction of sp³-hybridized carbons (Fsp3) is 0.100. The molecule has 6 nitrogen and oxygen atoms in total. The van der Waals surface area contributed by atoms with Crippen LogP contribution in [-0.4, -0.2) is 21.9 Å². The Hall–Kier alpha value is -3.32. The summed E-state index contributed by atoms with van der Waals surface area (Å²) in [5, 5.41) is 9.09. The fourth-order valence-corrected chi connectivity index (χ4v) is 3.72. The maximum Gasteiger partial charge on any atom is 0.203 e. The van der Waals surface area contributed by atoms with E-state index >= 15 is 0 Å². The standard InChI is InChI=1S/C20H15N3O3S/c1-11-16-15(10-14-13(8-9-25-14)18(16)24-2)26-17(11)19-21-22-20(27)23(19)12-6-4-3-5-7-12/h3-10H,1-2H3,(H,22,27). The van der Waals surface area contributed by atoms with E-state index in [-0.39, 0.29) is 0 Å². The predicted octanol–water partition coefficient (Wildman–Crippen LogP) is 5.41. The summed E-state index contributed by atoms with van der Waals surface area (Å²) in [6, 6.07) is 13.6. The first-order valence-electron chi connectivity index (χ1n) is 8.39. The maximum atomic E-state index is 6.19. The van der Waals surface area contributed by atoms with Crippen LogP contribution in [0.3, 0.4) is 0 Å². The average Bonchev–Trinajstić information content (AvgIpc) is 3.38. The van der Waals surface area contributed by atoms with Gasteiger partial charge in [-0.15, -0.1) is 0 Å². The van der Waals surface area contributed by atoms with E-state index in [2.05, 4.69) is 10.2 Å². The fourth-order valence-electron chi connectivity index (χ4n) is 3.49. The third kappa shape index (κ3) is 2.25. The molecule has 0 aliphatic heterocycles. The van der Waals surface area contributed by atoms with Gasteiger partial charge >= 0.3 is 0 Å². The molecule has 3 heterocycles. The molecule has 0 spiro atoms. The normalized spacial score (nSPS) is 11.5. The monoisotopic (exact) mass is 377 g/mol. The van der Waals surface area contributed by atoms with Crippen molar-refractivity contribution in [3.05, 3.63) is 59.1 Å². The Morgan fingerprint density at radius 3 is 2.74 bits per heavy atom. The lowest BCUT2D eigenvalue weighted by molar-refractivity contribution is 0.424. The van der Waals surface area contributed by atoms with Crippen molar-refractivity contribution in [3.63, 3.8) is 0 Å². The highest BCUT2D eigenvalue weighted by Crippen LogP contribution is 2.42. The number of hydrogen-bond donors (Lipinski definition) is 1. The van der Waals surface area contributed by atoms with Crippen LogP contribution in [0.2, 0.25) is 0 Å². The van der Waals surface area contributed by atoms with Gasteiger partial charge in [-0.05, 0) is 37.3 Å². The number of aromatic nitrogens is 3. The predicted molar refractivity (Wildman–Crippen MR) is 105 cm³/mol. The topological polar surface area (TPSA) is 69.1 Å². The summed E-state index contributed by atoms with van der Waals surface area (Å²) in [6.07, 6.45) is 1.64. The molecule has 0 fully saturated rings. The number of rotatable bonds is 3. The minimum atomic E-state index is 0.497. The number of ether oxygens (including phenoxy) is 1.